The van der Waals surface area contributed by atoms with Crippen molar-refractivity contribution >= 4 is 27.3 Å². The number of ether oxygens (including phenoxy) is 1. The average molecular weight is 450 g/mol. The molecular formula is C17H17F3N2O5S2. The predicted octanol–water partition coefficient (Wildman–Crippen LogP) is 3.87. The Morgan fingerprint density at radius 2 is 1.86 bits per heavy atom. The highest BCUT2D eigenvalue weighted by Crippen LogP contribution is 2.32. The van der Waals surface area contributed by atoms with Crippen molar-refractivity contribution in [1.82, 2.24) is 9.88 Å². The zero-order valence-corrected chi connectivity index (χ0v) is 16.6. The lowest BCUT2D eigenvalue weighted by atomic mass is 9.98. The number of carboxylic acid groups (broad SMARTS) is 1. The van der Waals surface area contributed by atoms with Crippen LogP contribution in [0.25, 0.3) is 0 Å². The Labute approximate surface area is 168 Å². The Morgan fingerprint density at radius 1 is 1.24 bits per heavy atom. The number of piperidine rings is 1. The highest BCUT2D eigenvalue weighted by atomic mass is 32.2. The van der Waals surface area contributed by atoms with Gasteiger partial charge in [0.15, 0.2) is 0 Å². The van der Waals surface area contributed by atoms with Gasteiger partial charge in [-0.05, 0) is 37.1 Å². The minimum Gasteiger partial charge on any atom is -0.487 e. The van der Waals surface area contributed by atoms with E-state index >= 15 is 0 Å². The number of hydrogen-bond donors (Lipinski definition) is 1. The van der Waals surface area contributed by atoms with Crippen LogP contribution in [0.1, 0.15) is 29.5 Å². The Morgan fingerprint density at radius 3 is 2.41 bits per heavy atom. The van der Waals surface area contributed by atoms with Gasteiger partial charge in [-0.2, -0.15) is 13.2 Å². The second-order valence-corrected chi connectivity index (χ2v) is 9.26. The highest BCUT2D eigenvalue weighted by Gasteiger charge is 2.46. The van der Waals surface area contributed by atoms with Crippen LogP contribution in [0, 0.1) is 0 Å². The summed E-state index contributed by atoms with van der Waals surface area (Å²) in [5.74, 6) is 0.395. The van der Waals surface area contributed by atoms with Crippen LogP contribution in [-0.2, 0) is 16.4 Å². The van der Waals surface area contributed by atoms with Crippen molar-refractivity contribution in [2.75, 3.05) is 13.1 Å². The summed E-state index contributed by atoms with van der Waals surface area (Å²) >= 11 is 1.45. The van der Waals surface area contributed by atoms with Crippen LogP contribution in [0.15, 0.2) is 34.5 Å². The lowest BCUT2D eigenvalue weighted by Gasteiger charge is -2.28. The van der Waals surface area contributed by atoms with Gasteiger partial charge < -0.3 is 14.7 Å². The van der Waals surface area contributed by atoms with E-state index in [0.29, 0.717) is 31.6 Å². The molecule has 0 bridgehead atoms. The Balaban J connectivity index is 1.57. The number of hydrogen-bond acceptors (Lipinski definition) is 6. The molecule has 0 unspecified atom stereocenters. The van der Waals surface area contributed by atoms with Gasteiger partial charge in [-0.25, -0.2) is 18.2 Å². The number of nitrogens with zero attached hydrogens (tertiary/aromatic N) is 2. The van der Waals surface area contributed by atoms with Gasteiger partial charge in [-0.3, -0.25) is 0 Å². The molecule has 158 valence electrons. The maximum Gasteiger partial charge on any atom is 0.501 e. The maximum atomic E-state index is 12.5. The number of carbonyl (C=O) groups is 1. The first-order valence-corrected chi connectivity index (χ1v) is 10.9. The molecule has 1 saturated heterocycles. The molecule has 1 aliphatic rings. The van der Waals surface area contributed by atoms with Gasteiger partial charge >= 0.3 is 11.6 Å². The van der Waals surface area contributed by atoms with Crippen LogP contribution >= 0.6 is 11.3 Å². The molecule has 0 aliphatic carbocycles. The number of likely N-dealkylation sites (tertiary alicyclic amines) is 1. The van der Waals surface area contributed by atoms with Crippen molar-refractivity contribution in [3.05, 3.63) is 40.3 Å². The second kappa shape index (κ2) is 8.19. The fourth-order valence-corrected chi connectivity index (χ4v) is 4.64. The standard InChI is InChI=1S/C17H17F3N2O5S2/c18-17(19,20)29(25,26)14-3-1-13(2-4-14)27-9-12-10-28-15(21-12)11-5-7-22(8-6-11)16(23)24/h1-4,10-11H,5-9H2,(H,23,24). The third kappa shape index (κ3) is 4.81. The molecule has 1 aromatic carbocycles. The van der Waals surface area contributed by atoms with Gasteiger partial charge in [0.1, 0.15) is 12.4 Å². The van der Waals surface area contributed by atoms with E-state index in [1.54, 1.807) is 5.38 Å². The van der Waals surface area contributed by atoms with Gasteiger partial charge in [0.2, 0.25) is 0 Å². The molecule has 1 aromatic heterocycles. The van der Waals surface area contributed by atoms with Gasteiger partial charge in [-0.1, -0.05) is 0 Å². The van der Waals surface area contributed by atoms with Crippen LogP contribution in [0.3, 0.4) is 0 Å². The normalized spacial score (nSPS) is 16.0. The highest BCUT2D eigenvalue weighted by molar-refractivity contribution is 7.92. The largest absolute Gasteiger partial charge is 0.501 e. The summed E-state index contributed by atoms with van der Waals surface area (Å²) in [6.45, 7) is 0.993. The number of benzene rings is 1. The fourth-order valence-electron chi connectivity index (χ4n) is 2.90. The molecule has 1 amide bonds. The first-order chi connectivity index (χ1) is 13.6. The molecule has 0 saturated carbocycles. The Hall–Kier alpha value is -2.34. The molecule has 1 N–H and O–H groups in total. The number of alkyl halides is 3. The SMILES string of the molecule is O=C(O)N1CCC(c2nc(COc3ccc(S(=O)(=O)C(F)(F)F)cc3)cs2)CC1. The number of thiazole rings is 1. The zero-order chi connectivity index (χ0) is 21.2. The summed E-state index contributed by atoms with van der Waals surface area (Å²) in [5, 5.41) is 11.7. The molecule has 7 nitrogen and oxygen atoms in total. The van der Waals surface area contributed by atoms with E-state index in [1.807, 2.05) is 0 Å². The molecule has 29 heavy (non-hydrogen) atoms. The van der Waals surface area contributed by atoms with Gasteiger partial charge in [0.05, 0.1) is 15.6 Å². The number of rotatable bonds is 5. The zero-order valence-electron chi connectivity index (χ0n) is 14.9. The van der Waals surface area contributed by atoms with Crippen molar-refractivity contribution in [3.63, 3.8) is 0 Å². The van der Waals surface area contributed by atoms with E-state index in [0.717, 1.165) is 29.3 Å². The Bertz CT molecular complexity index is 966. The number of aromatic nitrogens is 1. The van der Waals surface area contributed by atoms with Crippen LogP contribution in [0.5, 0.6) is 5.75 Å². The van der Waals surface area contributed by atoms with E-state index in [9.17, 15) is 26.4 Å². The quantitative estimate of drug-likeness (QED) is 0.743. The molecule has 1 aliphatic heterocycles. The summed E-state index contributed by atoms with van der Waals surface area (Å²) in [6, 6.07) is 4.02. The molecule has 2 heterocycles. The van der Waals surface area contributed by atoms with Crippen molar-refractivity contribution < 1.29 is 36.2 Å². The lowest BCUT2D eigenvalue weighted by molar-refractivity contribution is -0.0436. The smallest absolute Gasteiger partial charge is 0.487 e. The van der Waals surface area contributed by atoms with E-state index in [-0.39, 0.29) is 18.3 Å². The molecule has 0 spiro atoms. The van der Waals surface area contributed by atoms with E-state index in [4.69, 9.17) is 9.84 Å². The topological polar surface area (TPSA) is 96.8 Å². The maximum absolute atomic E-state index is 12.5. The first kappa shape index (κ1) is 21.4. The van der Waals surface area contributed by atoms with E-state index in [1.165, 1.54) is 16.2 Å². The molecule has 12 heteroatoms. The minimum atomic E-state index is -5.39. The molecule has 3 rings (SSSR count). The van der Waals surface area contributed by atoms with Crippen LogP contribution in [0.4, 0.5) is 18.0 Å². The third-order valence-electron chi connectivity index (χ3n) is 4.51. The summed E-state index contributed by atoms with van der Waals surface area (Å²) in [6.07, 6.45) is 0.454. The molecule has 0 atom stereocenters. The summed E-state index contributed by atoms with van der Waals surface area (Å²) in [5.41, 5.74) is -4.72. The van der Waals surface area contributed by atoms with Gasteiger partial charge in [0, 0.05) is 24.4 Å². The predicted molar refractivity (Wildman–Crippen MR) is 97.7 cm³/mol. The lowest BCUT2D eigenvalue weighted by Crippen LogP contribution is -2.36. The van der Waals surface area contributed by atoms with E-state index < -0.39 is 26.3 Å². The van der Waals surface area contributed by atoms with Crippen LogP contribution in [0.2, 0.25) is 0 Å². The van der Waals surface area contributed by atoms with E-state index in [2.05, 4.69) is 4.98 Å². The van der Waals surface area contributed by atoms with Crippen molar-refractivity contribution in [2.45, 2.75) is 35.8 Å². The number of halogens is 3. The van der Waals surface area contributed by atoms with Crippen molar-refractivity contribution in [2.24, 2.45) is 0 Å². The van der Waals surface area contributed by atoms with Crippen molar-refractivity contribution in [3.8, 4) is 5.75 Å². The summed E-state index contributed by atoms with van der Waals surface area (Å²) in [4.78, 5) is 16.0. The average Bonchev–Trinajstić information content (AvgIpc) is 3.15. The van der Waals surface area contributed by atoms with Crippen LogP contribution in [-0.4, -0.2) is 48.1 Å². The third-order valence-corrected chi connectivity index (χ3v) is 7.07. The molecule has 0 radical (unpaired) electrons. The number of sulfone groups is 1. The Kier molecular flexibility index (Phi) is 6.03. The first-order valence-electron chi connectivity index (χ1n) is 8.54. The molecule has 1 fully saturated rings. The second-order valence-electron chi connectivity index (χ2n) is 6.43. The number of amides is 1. The van der Waals surface area contributed by atoms with Crippen LogP contribution < -0.4 is 4.74 Å². The molecule has 2 aromatic rings. The molecular weight excluding hydrogens is 433 g/mol. The minimum absolute atomic E-state index is 0.0792. The fraction of sp³-hybridized carbons (Fsp3) is 0.412. The summed E-state index contributed by atoms with van der Waals surface area (Å²) in [7, 11) is -5.39. The van der Waals surface area contributed by atoms with Gasteiger partial charge in [-0.15, -0.1) is 11.3 Å². The summed E-state index contributed by atoms with van der Waals surface area (Å²) < 4.78 is 65.8. The monoisotopic (exact) mass is 450 g/mol. The van der Waals surface area contributed by atoms with Gasteiger partial charge in [0.25, 0.3) is 9.84 Å². The van der Waals surface area contributed by atoms with Crippen molar-refractivity contribution in [1.29, 1.82) is 0 Å².